The second-order valence-electron chi connectivity index (χ2n) is 3.86. The van der Waals surface area contributed by atoms with Crippen molar-refractivity contribution in [3.8, 4) is 11.4 Å². The zero-order chi connectivity index (χ0) is 12.8. The largest absolute Gasteiger partial charge is 0.494 e. The Labute approximate surface area is 106 Å². The number of benzene rings is 1. The van der Waals surface area contributed by atoms with E-state index in [1.54, 1.807) is 11.8 Å². The molecule has 0 aliphatic heterocycles. The molecule has 0 amide bonds. The van der Waals surface area contributed by atoms with Crippen molar-refractivity contribution < 1.29 is 4.74 Å². The molecule has 0 aliphatic carbocycles. The van der Waals surface area contributed by atoms with Gasteiger partial charge in [0.15, 0.2) is 5.82 Å². The van der Waals surface area contributed by atoms with Crippen molar-refractivity contribution in [2.75, 3.05) is 13.7 Å². The van der Waals surface area contributed by atoms with Gasteiger partial charge in [-0.1, -0.05) is 19.1 Å². The summed E-state index contributed by atoms with van der Waals surface area (Å²) in [6.45, 7) is 3.70. The molecule has 0 unspecified atom stereocenters. The molecular weight excluding hydrogens is 230 g/mol. The molecule has 0 aliphatic rings. The van der Waals surface area contributed by atoms with E-state index in [2.05, 4.69) is 27.8 Å². The predicted molar refractivity (Wildman–Crippen MR) is 67.7 cm³/mol. The summed E-state index contributed by atoms with van der Waals surface area (Å²) in [5.41, 5.74) is 0.846. The molecule has 0 saturated heterocycles. The first kappa shape index (κ1) is 12.5. The zero-order valence-electron chi connectivity index (χ0n) is 10.6. The Balaban J connectivity index is 2.25. The van der Waals surface area contributed by atoms with Crippen LogP contribution in [0.4, 0.5) is 0 Å². The van der Waals surface area contributed by atoms with Gasteiger partial charge in [-0.05, 0) is 35.5 Å². The summed E-state index contributed by atoms with van der Waals surface area (Å²) in [6.07, 6.45) is 1.08. The monoisotopic (exact) mass is 247 g/mol. The van der Waals surface area contributed by atoms with E-state index in [0.29, 0.717) is 6.54 Å². The molecule has 1 heterocycles. The van der Waals surface area contributed by atoms with E-state index in [-0.39, 0.29) is 0 Å². The van der Waals surface area contributed by atoms with Gasteiger partial charge in [-0.2, -0.15) is 4.68 Å². The molecule has 0 fully saturated rings. The lowest BCUT2D eigenvalue weighted by atomic mass is 10.3. The highest BCUT2D eigenvalue weighted by atomic mass is 16.5. The standard InChI is InChI=1S/C12H17N5O/c1-3-8-13-9-12-14-15-16-17(12)10-6-4-5-7-11(10)18-2/h4-7,13H,3,8-9H2,1-2H3. The minimum atomic E-state index is 0.638. The first-order chi connectivity index (χ1) is 8.86. The van der Waals surface area contributed by atoms with Gasteiger partial charge in [-0.3, -0.25) is 0 Å². The topological polar surface area (TPSA) is 64.9 Å². The van der Waals surface area contributed by atoms with Crippen LogP contribution in [0.1, 0.15) is 19.2 Å². The molecule has 0 radical (unpaired) electrons. The third-order valence-corrected chi connectivity index (χ3v) is 2.56. The number of ether oxygens (including phenoxy) is 1. The van der Waals surface area contributed by atoms with E-state index >= 15 is 0 Å². The van der Waals surface area contributed by atoms with E-state index in [1.165, 1.54) is 0 Å². The smallest absolute Gasteiger partial charge is 0.170 e. The Hall–Kier alpha value is -1.95. The van der Waals surface area contributed by atoms with E-state index in [4.69, 9.17) is 4.74 Å². The van der Waals surface area contributed by atoms with Crippen molar-refractivity contribution >= 4 is 0 Å². The van der Waals surface area contributed by atoms with Crippen LogP contribution in [0, 0.1) is 0 Å². The summed E-state index contributed by atoms with van der Waals surface area (Å²) in [7, 11) is 1.64. The number of para-hydroxylation sites is 2. The van der Waals surface area contributed by atoms with Crippen molar-refractivity contribution in [3.63, 3.8) is 0 Å². The van der Waals surface area contributed by atoms with Crippen molar-refractivity contribution in [1.82, 2.24) is 25.5 Å². The van der Waals surface area contributed by atoms with E-state index < -0.39 is 0 Å². The number of aromatic nitrogens is 4. The number of nitrogens with one attached hydrogen (secondary N) is 1. The molecule has 6 heteroatoms. The van der Waals surface area contributed by atoms with Crippen LogP contribution >= 0.6 is 0 Å². The number of rotatable bonds is 6. The lowest BCUT2D eigenvalue weighted by Crippen LogP contribution is -2.17. The molecule has 18 heavy (non-hydrogen) atoms. The van der Waals surface area contributed by atoms with E-state index in [9.17, 15) is 0 Å². The SMILES string of the molecule is CCCNCc1nnnn1-c1ccccc1OC. The van der Waals surface area contributed by atoms with Crippen LogP contribution in [0.3, 0.4) is 0 Å². The molecule has 0 saturated carbocycles. The Bertz CT molecular complexity index is 497. The van der Waals surface area contributed by atoms with Gasteiger partial charge < -0.3 is 10.1 Å². The van der Waals surface area contributed by atoms with Gasteiger partial charge in [0.25, 0.3) is 0 Å². The lowest BCUT2D eigenvalue weighted by molar-refractivity contribution is 0.410. The Kier molecular flexibility index (Phi) is 4.25. The highest BCUT2D eigenvalue weighted by Crippen LogP contribution is 2.21. The van der Waals surface area contributed by atoms with Gasteiger partial charge in [-0.25, -0.2) is 0 Å². The highest BCUT2D eigenvalue weighted by molar-refractivity contribution is 5.46. The average molecular weight is 247 g/mol. The van der Waals surface area contributed by atoms with Crippen LogP contribution in [0.2, 0.25) is 0 Å². The van der Waals surface area contributed by atoms with Gasteiger partial charge in [-0.15, -0.1) is 5.10 Å². The van der Waals surface area contributed by atoms with Gasteiger partial charge in [0, 0.05) is 0 Å². The van der Waals surface area contributed by atoms with Crippen LogP contribution in [-0.2, 0) is 6.54 Å². The van der Waals surface area contributed by atoms with E-state index in [0.717, 1.165) is 30.2 Å². The highest BCUT2D eigenvalue weighted by Gasteiger charge is 2.11. The summed E-state index contributed by atoms with van der Waals surface area (Å²) in [5, 5.41) is 15.0. The van der Waals surface area contributed by atoms with Crippen molar-refractivity contribution in [3.05, 3.63) is 30.1 Å². The number of nitrogens with zero attached hydrogens (tertiary/aromatic N) is 4. The maximum Gasteiger partial charge on any atom is 0.170 e. The molecule has 0 spiro atoms. The maximum absolute atomic E-state index is 5.31. The summed E-state index contributed by atoms with van der Waals surface area (Å²) >= 11 is 0. The second kappa shape index (κ2) is 6.11. The molecule has 2 rings (SSSR count). The molecule has 96 valence electrons. The average Bonchev–Trinajstić information content (AvgIpc) is 2.87. The van der Waals surface area contributed by atoms with Crippen molar-refractivity contribution in [1.29, 1.82) is 0 Å². The van der Waals surface area contributed by atoms with Gasteiger partial charge >= 0.3 is 0 Å². The molecule has 2 aromatic rings. The quantitative estimate of drug-likeness (QED) is 0.776. The summed E-state index contributed by atoms with van der Waals surface area (Å²) in [5.74, 6) is 1.52. The van der Waals surface area contributed by atoms with Crippen LogP contribution in [0.25, 0.3) is 5.69 Å². The Morgan fingerprint density at radius 2 is 2.17 bits per heavy atom. The minimum absolute atomic E-state index is 0.638. The predicted octanol–water partition coefficient (Wildman–Crippen LogP) is 1.17. The fraction of sp³-hybridized carbons (Fsp3) is 0.417. The third kappa shape index (κ3) is 2.65. The fourth-order valence-corrected chi connectivity index (χ4v) is 1.68. The molecule has 6 nitrogen and oxygen atoms in total. The van der Waals surface area contributed by atoms with Gasteiger partial charge in [0.1, 0.15) is 11.4 Å². The first-order valence-electron chi connectivity index (χ1n) is 5.98. The molecule has 0 atom stereocenters. The number of hydrogen-bond donors (Lipinski definition) is 1. The van der Waals surface area contributed by atoms with Crippen molar-refractivity contribution in [2.45, 2.75) is 19.9 Å². The lowest BCUT2D eigenvalue weighted by Gasteiger charge is -2.09. The first-order valence-corrected chi connectivity index (χ1v) is 5.98. The number of tetrazole rings is 1. The zero-order valence-corrected chi connectivity index (χ0v) is 10.6. The molecular formula is C12H17N5O. The van der Waals surface area contributed by atoms with Crippen molar-refractivity contribution in [2.24, 2.45) is 0 Å². The van der Waals surface area contributed by atoms with E-state index in [1.807, 2.05) is 24.3 Å². The van der Waals surface area contributed by atoms with Crippen LogP contribution in [0.15, 0.2) is 24.3 Å². The Morgan fingerprint density at radius 1 is 1.33 bits per heavy atom. The van der Waals surface area contributed by atoms with Gasteiger partial charge in [0.2, 0.25) is 0 Å². The minimum Gasteiger partial charge on any atom is -0.494 e. The summed E-state index contributed by atoms with van der Waals surface area (Å²) < 4.78 is 7.01. The molecule has 1 aromatic heterocycles. The molecule has 0 bridgehead atoms. The van der Waals surface area contributed by atoms with Crippen LogP contribution in [-0.4, -0.2) is 33.9 Å². The maximum atomic E-state index is 5.31. The molecule has 1 aromatic carbocycles. The third-order valence-electron chi connectivity index (χ3n) is 2.56. The Morgan fingerprint density at radius 3 is 2.94 bits per heavy atom. The van der Waals surface area contributed by atoms with Crippen LogP contribution < -0.4 is 10.1 Å². The number of methoxy groups -OCH3 is 1. The second-order valence-corrected chi connectivity index (χ2v) is 3.86. The number of hydrogen-bond acceptors (Lipinski definition) is 5. The molecule has 1 N–H and O–H groups in total. The normalized spacial score (nSPS) is 10.6. The summed E-state index contributed by atoms with van der Waals surface area (Å²) in [4.78, 5) is 0. The van der Waals surface area contributed by atoms with Gasteiger partial charge in [0.05, 0.1) is 13.7 Å². The fourth-order valence-electron chi connectivity index (χ4n) is 1.68. The summed E-state index contributed by atoms with van der Waals surface area (Å²) in [6, 6.07) is 7.67. The van der Waals surface area contributed by atoms with Crippen LogP contribution in [0.5, 0.6) is 5.75 Å².